The summed E-state index contributed by atoms with van der Waals surface area (Å²) in [5, 5.41) is 14.8. The Morgan fingerprint density at radius 2 is 1.91 bits per heavy atom. The molecule has 9 nitrogen and oxygen atoms in total. The fourth-order valence-electron chi connectivity index (χ4n) is 3.14. The zero-order chi connectivity index (χ0) is 23.6. The molecule has 0 radical (unpaired) electrons. The van der Waals surface area contributed by atoms with Gasteiger partial charge in [-0.2, -0.15) is 18.3 Å². The van der Waals surface area contributed by atoms with Crippen LogP contribution < -0.4 is 32.6 Å². The van der Waals surface area contributed by atoms with E-state index in [-0.39, 0.29) is 23.5 Å². The molecule has 3 N–H and O–H groups in total. The number of azo groups is 1. The van der Waals surface area contributed by atoms with Gasteiger partial charge in [0.05, 0.1) is 31.7 Å². The van der Waals surface area contributed by atoms with Crippen LogP contribution >= 0.6 is 0 Å². The second kappa shape index (κ2) is 14.0. The summed E-state index contributed by atoms with van der Waals surface area (Å²) in [4.78, 5) is 10.9. The lowest BCUT2D eigenvalue weighted by Gasteiger charge is -2.07. The van der Waals surface area contributed by atoms with Crippen LogP contribution in [0.15, 0.2) is 28.8 Å². The maximum Gasteiger partial charge on any atom is 0.471 e. The highest BCUT2D eigenvalue weighted by molar-refractivity contribution is 5.81. The molecule has 0 aliphatic rings. The van der Waals surface area contributed by atoms with E-state index < -0.39 is 12.1 Å². The number of nitrogen functional groups attached to an aromatic ring is 1. The lowest BCUT2D eigenvalue weighted by atomic mass is 10.2. The molecule has 0 aromatic carbocycles. The monoisotopic (exact) mass is 536 g/mol. The van der Waals surface area contributed by atoms with Crippen LogP contribution in [0, 0.1) is 0 Å². The third-order valence-electron chi connectivity index (χ3n) is 4.85. The molecule has 186 valence electrons. The predicted octanol–water partition coefficient (Wildman–Crippen LogP) is 1.03. The van der Waals surface area contributed by atoms with Gasteiger partial charge < -0.3 is 28.0 Å². The molecular weight excluding hydrogens is 505 g/mol. The second-order valence-corrected chi connectivity index (χ2v) is 7.49. The third kappa shape index (κ3) is 8.78. The minimum Gasteiger partial charge on any atom is -1.00 e. The number of aryl methyl sites for hydroxylation is 3. The number of aromatic nitrogens is 4. The van der Waals surface area contributed by atoms with Crippen molar-refractivity contribution in [2.45, 2.75) is 78.2 Å². The van der Waals surface area contributed by atoms with Crippen molar-refractivity contribution in [3.8, 4) is 0 Å². The molecule has 0 bridgehead atoms. The van der Waals surface area contributed by atoms with Gasteiger partial charge in [-0.1, -0.05) is 38.2 Å². The highest BCUT2D eigenvalue weighted by atomic mass is 79.9. The molecule has 0 unspecified atom stereocenters. The summed E-state index contributed by atoms with van der Waals surface area (Å²) in [5.41, 5.74) is 6.62. The molecule has 0 saturated heterocycles. The molecule has 2 heterocycles. The topological polar surface area (TPSA) is 106 Å². The second-order valence-electron chi connectivity index (χ2n) is 7.49. The van der Waals surface area contributed by atoms with Crippen LogP contribution in [-0.2, 0) is 24.4 Å². The number of unbranched alkanes of at least 4 members (excludes halogenated alkanes) is 3. The van der Waals surface area contributed by atoms with Gasteiger partial charge in [-0.05, 0) is 19.3 Å². The number of nitrogens with two attached hydrogens (primary N) is 1. The lowest BCUT2D eigenvalue weighted by Crippen LogP contribution is -3.00. The number of halogens is 4. The van der Waals surface area contributed by atoms with Gasteiger partial charge in [-0.15, -0.1) is 0 Å². The summed E-state index contributed by atoms with van der Waals surface area (Å²) < 4.78 is 42.3. The zero-order valence-electron chi connectivity index (χ0n) is 19.0. The Morgan fingerprint density at radius 3 is 2.58 bits per heavy atom. The van der Waals surface area contributed by atoms with Gasteiger partial charge in [-0.25, -0.2) is 13.8 Å². The Kier molecular flexibility index (Phi) is 12.1. The van der Waals surface area contributed by atoms with Crippen molar-refractivity contribution in [2.24, 2.45) is 10.2 Å². The number of carbonyl (C=O) groups is 1. The van der Waals surface area contributed by atoms with E-state index in [4.69, 9.17) is 5.73 Å². The number of nitrogens with zero attached hydrogens (tertiary/aromatic N) is 6. The van der Waals surface area contributed by atoms with E-state index in [1.165, 1.54) is 6.42 Å². The Balaban J connectivity index is 0.00000544. The molecule has 0 fully saturated rings. The van der Waals surface area contributed by atoms with Crippen LogP contribution in [0.2, 0.25) is 0 Å². The molecule has 0 saturated carbocycles. The van der Waals surface area contributed by atoms with Crippen LogP contribution in [0.4, 0.5) is 30.6 Å². The third-order valence-corrected chi connectivity index (χ3v) is 4.85. The number of imidazole rings is 1. The Morgan fingerprint density at radius 1 is 1.15 bits per heavy atom. The largest absolute Gasteiger partial charge is 1.00 e. The van der Waals surface area contributed by atoms with Crippen molar-refractivity contribution in [3.05, 3.63) is 18.6 Å². The number of hydrogen-bond acceptors (Lipinski definition) is 5. The molecule has 1 amide bonds. The van der Waals surface area contributed by atoms with Crippen molar-refractivity contribution in [1.29, 1.82) is 0 Å². The van der Waals surface area contributed by atoms with E-state index in [9.17, 15) is 18.0 Å². The number of hydrogen-bond donors (Lipinski definition) is 2. The Labute approximate surface area is 202 Å². The van der Waals surface area contributed by atoms with Gasteiger partial charge in [0.2, 0.25) is 0 Å². The first-order valence-electron chi connectivity index (χ1n) is 10.9. The Hall–Kier alpha value is -2.44. The number of anilines is 1. The fraction of sp³-hybridized carbons (Fsp3) is 0.650. The molecule has 2 aromatic heterocycles. The lowest BCUT2D eigenvalue weighted by molar-refractivity contribution is -0.683. The van der Waals surface area contributed by atoms with E-state index in [1.807, 2.05) is 23.0 Å². The van der Waals surface area contributed by atoms with E-state index in [1.54, 1.807) is 21.6 Å². The summed E-state index contributed by atoms with van der Waals surface area (Å²) in [5.74, 6) is -0.947. The Bertz CT molecular complexity index is 894. The van der Waals surface area contributed by atoms with Crippen molar-refractivity contribution in [2.75, 3.05) is 12.3 Å². The highest BCUT2D eigenvalue weighted by Gasteiger charge is 2.38. The summed E-state index contributed by atoms with van der Waals surface area (Å²) in [7, 11) is 0. The average molecular weight is 537 g/mol. The molecule has 2 aromatic rings. The zero-order valence-corrected chi connectivity index (χ0v) is 20.6. The van der Waals surface area contributed by atoms with Crippen molar-refractivity contribution < 1.29 is 39.5 Å². The smallest absolute Gasteiger partial charge is 0.471 e. The van der Waals surface area contributed by atoms with Crippen LogP contribution in [-0.4, -0.2) is 33.0 Å². The maximum atomic E-state index is 12.3. The molecule has 0 aliphatic heterocycles. The van der Waals surface area contributed by atoms with Gasteiger partial charge in [0, 0.05) is 18.2 Å². The number of carbonyl (C=O) groups excluding carboxylic acids is 1. The van der Waals surface area contributed by atoms with Gasteiger partial charge >= 0.3 is 18.0 Å². The first kappa shape index (κ1) is 28.6. The van der Waals surface area contributed by atoms with E-state index in [0.29, 0.717) is 37.0 Å². The van der Waals surface area contributed by atoms with E-state index in [2.05, 4.69) is 22.3 Å². The number of alkyl halides is 3. The van der Waals surface area contributed by atoms with E-state index in [0.717, 1.165) is 32.2 Å². The highest BCUT2D eigenvalue weighted by Crippen LogP contribution is 2.24. The molecular formula is C20H32BrF3N8O. The summed E-state index contributed by atoms with van der Waals surface area (Å²) in [6, 6.07) is 0. The molecule has 33 heavy (non-hydrogen) atoms. The number of amides is 1. The minimum atomic E-state index is -4.88. The van der Waals surface area contributed by atoms with Gasteiger partial charge in [0.15, 0.2) is 11.5 Å². The quantitative estimate of drug-likeness (QED) is 0.227. The summed E-state index contributed by atoms with van der Waals surface area (Å²) >= 11 is 0. The van der Waals surface area contributed by atoms with Crippen LogP contribution in [0.5, 0.6) is 0 Å². The standard InChI is InChI=1S/C20H31F3N8O.BrH/c1-3-5-6-7-12-31-17(24)16(15-26-31)27-28-19-29(10-4-2)13-14-30(19)11-8-9-25-18(32)20(21,22)23;/h13-15,24H,3-12H2,1-2H3,(H,25,32);1H. The minimum absolute atomic E-state index is 0. The van der Waals surface area contributed by atoms with Gasteiger partial charge in [-0.3, -0.25) is 4.79 Å². The van der Waals surface area contributed by atoms with Gasteiger partial charge in [0.25, 0.3) is 0 Å². The summed E-state index contributed by atoms with van der Waals surface area (Å²) in [6.07, 6.45) is 5.92. The predicted molar refractivity (Wildman–Crippen MR) is 114 cm³/mol. The van der Waals surface area contributed by atoms with Crippen molar-refractivity contribution in [1.82, 2.24) is 19.7 Å². The first-order valence-corrected chi connectivity index (χ1v) is 10.9. The normalized spacial score (nSPS) is 11.7. The average Bonchev–Trinajstić information content (AvgIpc) is 3.29. The van der Waals surface area contributed by atoms with Crippen molar-refractivity contribution >= 4 is 23.4 Å². The number of rotatable bonds is 13. The first-order chi connectivity index (χ1) is 15.3. The number of nitrogens with one attached hydrogen (secondary N) is 1. The van der Waals surface area contributed by atoms with E-state index >= 15 is 0 Å². The fourth-order valence-corrected chi connectivity index (χ4v) is 3.14. The molecule has 13 heteroatoms. The van der Waals surface area contributed by atoms with Crippen LogP contribution in [0.3, 0.4) is 0 Å². The van der Waals surface area contributed by atoms with Crippen molar-refractivity contribution in [3.63, 3.8) is 0 Å². The van der Waals surface area contributed by atoms with Gasteiger partial charge in [0.1, 0.15) is 0 Å². The molecule has 0 atom stereocenters. The summed E-state index contributed by atoms with van der Waals surface area (Å²) in [6.45, 7) is 5.88. The molecule has 0 aliphatic carbocycles. The molecule has 0 spiro atoms. The van der Waals surface area contributed by atoms with Crippen LogP contribution in [0.1, 0.15) is 52.4 Å². The SMILES string of the molecule is CCCCCCn1ncc(/N=N/c2n(CCCNC(=O)C(F)(F)F)cc[n+]2CCC)c1N.[Br-]. The van der Waals surface area contributed by atoms with Crippen LogP contribution in [0.25, 0.3) is 0 Å². The maximum absolute atomic E-state index is 12.3. The molecule has 2 rings (SSSR count).